The Morgan fingerprint density at radius 3 is 3.00 bits per heavy atom. The van der Waals surface area contributed by atoms with E-state index in [4.69, 9.17) is 16.3 Å². The fourth-order valence-electron chi connectivity index (χ4n) is 0.920. The van der Waals surface area contributed by atoms with Crippen molar-refractivity contribution >= 4 is 39.3 Å². The number of carbonyl (C=O) groups excluding carboxylic acids is 1. The summed E-state index contributed by atoms with van der Waals surface area (Å²) in [6.45, 7) is 0.0343. The number of hydrogen-bond donors (Lipinski definition) is 1. The van der Waals surface area contributed by atoms with Gasteiger partial charge in [0.2, 0.25) is 0 Å². The molecular weight excluding hydrogens is 293 g/mol. The summed E-state index contributed by atoms with van der Waals surface area (Å²) in [5, 5.41) is 2.57. The first kappa shape index (κ1) is 12.9. The fourth-order valence-corrected chi connectivity index (χ4v) is 1.41. The fraction of sp³-hybridized carbons (Fsp3) is 0.182. The smallest absolute Gasteiger partial charge is 0.412 e. The molecule has 0 aromatic heterocycles. The Hall–Kier alpha value is -1.18. The Morgan fingerprint density at radius 1 is 1.50 bits per heavy atom. The van der Waals surface area contributed by atoms with Gasteiger partial charge < -0.3 is 4.74 Å². The third-order valence-corrected chi connectivity index (χ3v) is 2.17. The molecule has 0 spiro atoms. The molecule has 1 aromatic rings. The van der Waals surface area contributed by atoms with E-state index < -0.39 is 6.09 Å². The van der Waals surface area contributed by atoms with Crippen LogP contribution >= 0.6 is 27.5 Å². The number of rotatable bonds is 2. The number of alkyl halides is 1. The summed E-state index contributed by atoms with van der Waals surface area (Å²) in [6.07, 6.45) is -0.540. The van der Waals surface area contributed by atoms with E-state index in [2.05, 4.69) is 33.1 Å². The van der Waals surface area contributed by atoms with Crippen LogP contribution in [-0.2, 0) is 4.74 Å². The third kappa shape index (κ3) is 5.06. The lowest BCUT2D eigenvalue weighted by molar-refractivity contribution is 0.176. The van der Waals surface area contributed by atoms with Gasteiger partial charge >= 0.3 is 6.09 Å². The molecule has 5 heteroatoms. The summed E-state index contributed by atoms with van der Waals surface area (Å²) >= 11 is 8.63. The first-order valence-electron chi connectivity index (χ1n) is 4.43. The molecule has 1 rings (SSSR count). The van der Waals surface area contributed by atoms with Crippen LogP contribution in [0.3, 0.4) is 0 Å². The van der Waals surface area contributed by atoms with Gasteiger partial charge in [0.05, 0.1) is 5.88 Å². The average molecular weight is 303 g/mol. The lowest BCUT2D eigenvalue weighted by Crippen LogP contribution is -2.13. The number of halogens is 2. The highest BCUT2D eigenvalue weighted by Crippen LogP contribution is 2.15. The molecule has 0 radical (unpaired) electrons. The number of anilines is 1. The van der Waals surface area contributed by atoms with Crippen molar-refractivity contribution < 1.29 is 9.53 Å². The van der Waals surface area contributed by atoms with Crippen LogP contribution in [0.5, 0.6) is 0 Å². The van der Waals surface area contributed by atoms with Gasteiger partial charge in [-0.2, -0.15) is 0 Å². The normalized spacial score (nSPS) is 8.88. The highest BCUT2D eigenvalue weighted by atomic mass is 79.9. The molecule has 84 valence electrons. The molecule has 0 aliphatic carbocycles. The van der Waals surface area contributed by atoms with Crippen molar-refractivity contribution in [2.45, 2.75) is 0 Å². The van der Waals surface area contributed by atoms with E-state index in [9.17, 15) is 4.79 Å². The predicted octanol–water partition coefficient (Wildman–Crippen LogP) is 3.24. The maximum absolute atomic E-state index is 11.2. The van der Waals surface area contributed by atoms with Crippen LogP contribution in [0.25, 0.3) is 0 Å². The molecule has 3 nitrogen and oxygen atoms in total. The van der Waals surface area contributed by atoms with Crippen LogP contribution in [0.2, 0.25) is 0 Å². The van der Waals surface area contributed by atoms with E-state index in [1.807, 2.05) is 12.1 Å². The Balaban J connectivity index is 2.40. The summed E-state index contributed by atoms with van der Waals surface area (Å²) in [4.78, 5) is 11.2. The van der Waals surface area contributed by atoms with Crippen molar-refractivity contribution in [1.82, 2.24) is 0 Å². The van der Waals surface area contributed by atoms with Gasteiger partial charge in [-0.15, -0.1) is 11.6 Å². The minimum absolute atomic E-state index is 0.0343. The second-order valence-electron chi connectivity index (χ2n) is 2.70. The van der Waals surface area contributed by atoms with E-state index >= 15 is 0 Å². The third-order valence-electron chi connectivity index (χ3n) is 1.54. The number of amides is 1. The SMILES string of the molecule is O=C(Nc1cccc(Br)c1)OCC#CCCl. The molecule has 0 atom stereocenters. The lowest BCUT2D eigenvalue weighted by Gasteiger charge is -2.04. The standard InChI is InChI=1S/C11H9BrClNO2/c12-9-4-3-5-10(8-9)14-11(15)16-7-2-1-6-13/h3-5,8H,6-7H2,(H,14,15). The van der Waals surface area contributed by atoms with Crippen molar-refractivity contribution in [2.24, 2.45) is 0 Å². The van der Waals surface area contributed by atoms with Gasteiger partial charge in [-0.3, -0.25) is 5.32 Å². The van der Waals surface area contributed by atoms with Crippen molar-refractivity contribution in [3.8, 4) is 11.8 Å². The maximum Gasteiger partial charge on any atom is 0.412 e. The molecule has 0 heterocycles. The summed E-state index contributed by atoms with van der Waals surface area (Å²) in [7, 11) is 0. The number of ether oxygens (including phenoxy) is 1. The number of hydrogen-bond acceptors (Lipinski definition) is 2. The molecule has 1 amide bonds. The quantitative estimate of drug-likeness (QED) is 0.673. The topological polar surface area (TPSA) is 38.3 Å². The van der Waals surface area contributed by atoms with Gasteiger partial charge in [-0.25, -0.2) is 4.79 Å². The zero-order valence-electron chi connectivity index (χ0n) is 8.30. The zero-order valence-corrected chi connectivity index (χ0v) is 10.6. The Morgan fingerprint density at radius 2 is 2.31 bits per heavy atom. The molecule has 16 heavy (non-hydrogen) atoms. The van der Waals surface area contributed by atoms with Gasteiger partial charge in [0.15, 0.2) is 6.61 Å². The first-order valence-corrected chi connectivity index (χ1v) is 5.76. The van der Waals surface area contributed by atoms with Gasteiger partial charge in [-0.05, 0) is 18.2 Å². The van der Waals surface area contributed by atoms with Crippen LogP contribution in [0.1, 0.15) is 0 Å². The Bertz CT molecular complexity index is 425. The van der Waals surface area contributed by atoms with E-state index in [1.165, 1.54) is 0 Å². The predicted molar refractivity (Wildman–Crippen MR) is 67.6 cm³/mol. The van der Waals surface area contributed by atoms with Gasteiger partial charge in [0.1, 0.15) is 0 Å². The highest BCUT2D eigenvalue weighted by Gasteiger charge is 2.01. The van der Waals surface area contributed by atoms with E-state index in [0.717, 1.165) is 4.47 Å². The highest BCUT2D eigenvalue weighted by molar-refractivity contribution is 9.10. The second-order valence-corrected chi connectivity index (χ2v) is 3.88. The molecule has 0 fully saturated rings. The summed E-state index contributed by atoms with van der Waals surface area (Å²) in [5.74, 6) is 5.40. The van der Waals surface area contributed by atoms with Crippen molar-refractivity contribution in [2.75, 3.05) is 17.8 Å². The van der Waals surface area contributed by atoms with Gasteiger partial charge in [0, 0.05) is 10.2 Å². The first-order chi connectivity index (χ1) is 7.72. The average Bonchev–Trinajstić information content (AvgIpc) is 2.24. The molecule has 0 aliphatic rings. The van der Waals surface area contributed by atoms with Crippen LogP contribution in [-0.4, -0.2) is 18.6 Å². The van der Waals surface area contributed by atoms with E-state index in [0.29, 0.717) is 5.69 Å². The molecule has 1 aromatic carbocycles. The van der Waals surface area contributed by atoms with E-state index in [-0.39, 0.29) is 12.5 Å². The molecular formula is C11H9BrClNO2. The number of carbonyl (C=O) groups is 1. The van der Waals surface area contributed by atoms with Crippen molar-refractivity contribution in [1.29, 1.82) is 0 Å². The van der Waals surface area contributed by atoms with Crippen LogP contribution in [0, 0.1) is 11.8 Å². The Labute approximate surface area is 107 Å². The largest absolute Gasteiger partial charge is 0.436 e. The van der Waals surface area contributed by atoms with Crippen LogP contribution < -0.4 is 5.32 Å². The zero-order chi connectivity index (χ0) is 11.8. The molecule has 0 saturated carbocycles. The molecule has 0 aliphatic heterocycles. The molecule has 0 unspecified atom stereocenters. The molecule has 0 saturated heterocycles. The van der Waals surface area contributed by atoms with Gasteiger partial charge in [0.25, 0.3) is 0 Å². The van der Waals surface area contributed by atoms with Crippen molar-refractivity contribution in [3.63, 3.8) is 0 Å². The number of nitrogens with one attached hydrogen (secondary N) is 1. The van der Waals surface area contributed by atoms with Gasteiger partial charge in [-0.1, -0.05) is 33.8 Å². The maximum atomic E-state index is 11.2. The minimum atomic E-state index is -0.540. The summed E-state index contributed by atoms with van der Waals surface area (Å²) < 4.78 is 5.67. The minimum Gasteiger partial charge on any atom is -0.436 e. The second kappa shape index (κ2) is 7.15. The van der Waals surface area contributed by atoms with Crippen LogP contribution in [0.4, 0.5) is 10.5 Å². The summed E-state index contributed by atoms with van der Waals surface area (Å²) in [6, 6.07) is 7.21. The monoisotopic (exact) mass is 301 g/mol. The van der Waals surface area contributed by atoms with E-state index in [1.54, 1.807) is 12.1 Å². The Kier molecular flexibility index (Phi) is 5.76. The molecule has 1 N–H and O–H groups in total. The molecule has 0 bridgehead atoms. The summed E-state index contributed by atoms with van der Waals surface area (Å²) in [5.41, 5.74) is 0.657. The van der Waals surface area contributed by atoms with Crippen LogP contribution in [0.15, 0.2) is 28.7 Å². The lowest BCUT2D eigenvalue weighted by atomic mass is 10.3. The van der Waals surface area contributed by atoms with Crippen molar-refractivity contribution in [3.05, 3.63) is 28.7 Å². The number of benzene rings is 1.